The summed E-state index contributed by atoms with van der Waals surface area (Å²) in [6, 6.07) is 3.66. The zero-order chi connectivity index (χ0) is 20.7. The number of hydrogen-bond donors (Lipinski definition) is 2. The quantitative estimate of drug-likeness (QED) is 0.681. The molecule has 0 spiro atoms. The lowest BCUT2D eigenvalue weighted by molar-refractivity contribution is -0.147. The molecule has 3 atom stereocenters. The molecule has 1 aromatic carbocycles. The van der Waals surface area contributed by atoms with Crippen molar-refractivity contribution >= 4 is 23.6 Å². The fraction of sp³-hybridized carbons (Fsp3) is 0.500. The summed E-state index contributed by atoms with van der Waals surface area (Å²) >= 11 is 0. The topological polar surface area (TPSA) is 102 Å². The number of hydrogen-bond acceptors (Lipinski definition) is 5. The molecule has 0 saturated heterocycles. The maximum atomic E-state index is 13.1. The van der Waals surface area contributed by atoms with Gasteiger partial charge in [0.15, 0.2) is 0 Å². The van der Waals surface area contributed by atoms with Gasteiger partial charge in [-0.25, -0.2) is 9.18 Å². The van der Waals surface area contributed by atoms with Gasteiger partial charge in [0.1, 0.15) is 23.7 Å². The molecule has 0 radical (unpaired) electrons. The molecule has 7 nitrogen and oxygen atoms in total. The van der Waals surface area contributed by atoms with Crippen LogP contribution in [0, 0.1) is 11.7 Å². The van der Waals surface area contributed by atoms with Crippen molar-refractivity contribution in [1.82, 2.24) is 10.6 Å². The Morgan fingerprint density at radius 1 is 1.21 bits per heavy atom. The molecule has 28 heavy (non-hydrogen) atoms. The summed E-state index contributed by atoms with van der Waals surface area (Å²) < 4.78 is 17.9. The summed E-state index contributed by atoms with van der Waals surface area (Å²) in [5.41, 5.74) is 0.651. The van der Waals surface area contributed by atoms with Crippen LogP contribution in [-0.4, -0.2) is 42.8 Å². The van der Waals surface area contributed by atoms with Gasteiger partial charge in [-0.05, 0) is 36.5 Å². The number of carbonyl (C=O) groups excluding carboxylic acids is 4. The van der Waals surface area contributed by atoms with E-state index in [1.54, 1.807) is 0 Å². The first-order valence-corrected chi connectivity index (χ1v) is 9.21. The third kappa shape index (κ3) is 6.14. The number of rotatable bonds is 7. The summed E-state index contributed by atoms with van der Waals surface area (Å²) in [7, 11) is 1.22. The molecule has 0 aliphatic heterocycles. The van der Waals surface area contributed by atoms with E-state index in [0.717, 1.165) is 0 Å². The van der Waals surface area contributed by atoms with Crippen LogP contribution >= 0.6 is 0 Å². The van der Waals surface area contributed by atoms with Crippen LogP contribution in [0.1, 0.15) is 38.2 Å². The predicted molar refractivity (Wildman–Crippen MR) is 98.6 cm³/mol. The number of nitrogens with one attached hydrogen (secondary N) is 2. The van der Waals surface area contributed by atoms with Gasteiger partial charge >= 0.3 is 5.97 Å². The van der Waals surface area contributed by atoms with E-state index in [9.17, 15) is 23.6 Å². The molecular formula is C20H25FN2O5. The Morgan fingerprint density at radius 3 is 2.46 bits per heavy atom. The molecular weight excluding hydrogens is 367 g/mol. The molecule has 0 bridgehead atoms. The molecule has 2 rings (SSSR count). The number of halogens is 1. The minimum atomic E-state index is -0.966. The van der Waals surface area contributed by atoms with Crippen molar-refractivity contribution in [1.29, 1.82) is 0 Å². The molecule has 152 valence electrons. The summed E-state index contributed by atoms with van der Waals surface area (Å²) in [5.74, 6) is -2.31. The first-order chi connectivity index (χ1) is 13.3. The fourth-order valence-corrected chi connectivity index (χ4v) is 3.40. The first kappa shape index (κ1) is 21.5. The van der Waals surface area contributed by atoms with Gasteiger partial charge in [0.05, 0.1) is 7.11 Å². The van der Waals surface area contributed by atoms with Gasteiger partial charge in [-0.2, -0.15) is 0 Å². The average molecular weight is 392 g/mol. The van der Waals surface area contributed by atoms with Crippen LogP contribution in [0.2, 0.25) is 0 Å². The molecule has 0 heterocycles. The molecule has 0 aromatic heterocycles. The molecule has 1 aliphatic carbocycles. The number of amides is 2. The third-order valence-electron chi connectivity index (χ3n) is 4.79. The number of Topliss-reactive ketones (excluding diaryl/α,β-unsaturated/α-hetero) is 1. The second-order valence-electron chi connectivity index (χ2n) is 6.99. The van der Waals surface area contributed by atoms with E-state index in [0.29, 0.717) is 24.8 Å². The van der Waals surface area contributed by atoms with Crippen LogP contribution in [0.5, 0.6) is 0 Å². The Hall–Kier alpha value is -2.77. The normalized spacial score (nSPS) is 18.7. The van der Waals surface area contributed by atoms with Crippen LogP contribution in [0.3, 0.4) is 0 Å². The number of ether oxygens (including phenoxy) is 1. The van der Waals surface area contributed by atoms with Crippen molar-refractivity contribution in [3.63, 3.8) is 0 Å². The van der Waals surface area contributed by atoms with Crippen LogP contribution in [0.15, 0.2) is 24.3 Å². The van der Waals surface area contributed by atoms with E-state index in [1.165, 1.54) is 38.3 Å². The molecule has 1 aromatic rings. The highest BCUT2D eigenvalue weighted by Crippen LogP contribution is 2.25. The van der Waals surface area contributed by atoms with E-state index in [4.69, 9.17) is 4.74 Å². The van der Waals surface area contributed by atoms with Gasteiger partial charge in [0.2, 0.25) is 11.8 Å². The van der Waals surface area contributed by atoms with Crippen molar-refractivity contribution in [2.75, 3.05) is 7.11 Å². The van der Waals surface area contributed by atoms with E-state index in [-0.39, 0.29) is 24.5 Å². The van der Waals surface area contributed by atoms with E-state index >= 15 is 0 Å². The first-order valence-electron chi connectivity index (χ1n) is 9.21. The molecule has 8 heteroatoms. The Morgan fingerprint density at radius 2 is 1.89 bits per heavy atom. The van der Waals surface area contributed by atoms with Crippen LogP contribution < -0.4 is 10.6 Å². The zero-order valence-corrected chi connectivity index (χ0v) is 16.0. The van der Waals surface area contributed by atoms with E-state index < -0.39 is 35.7 Å². The van der Waals surface area contributed by atoms with Crippen LogP contribution in [-0.2, 0) is 30.3 Å². The smallest absolute Gasteiger partial charge is 0.328 e. The molecule has 2 N–H and O–H groups in total. The third-order valence-corrected chi connectivity index (χ3v) is 4.79. The second-order valence-corrected chi connectivity index (χ2v) is 6.99. The number of esters is 1. The lowest BCUT2D eigenvalue weighted by atomic mass is 9.83. The van der Waals surface area contributed by atoms with Gasteiger partial charge in [-0.15, -0.1) is 0 Å². The van der Waals surface area contributed by atoms with Crippen molar-refractivity contribution in [3.8, 4) is 0 Å². The maximum absolute atomic E-state index is 13.1. The Labute approximate surface area is 163 Å². The zero-order valence-electron chi connectivity index (χ0n) is 16.0. The number of methoxy groups -OCH3 is 1. The highest BCUT2D eigenvalue weighted by molar-refractivity contribution is 5.91. The van der Waals surface area contributed by atoms with Gasteiger partial charge in [0.25, 0.3) is 0 Å². The lowest BCUT2D eigenvalue weighted by Crippen LogP contribution is -2.55. The monoisotopic (exact) mass is 392 g/mol. The fourth-order valence-electron chi connectivity index (χ4n) is 3.40. The summed E-state index contributed by atoms with van der Waals surface area (Å²) in [6.07, 6.45) is 2.07. The maximum Gasteiger partial charge on any atom is 0.328 e. The SMILES string of the molecule is COC(=O)[C@H](NC(=O)[C@@H](Cc1ccc(F)cc1)NC(C)=O)[C@@H]1CCCC(=O)C1. The van der Waals surface area contributed by atoms with Crippen molar-refractivity contribution in [3.05, 3.63) is 35.6 Å². The Kier molecular flexibility index (Phi) is 7.66. The van der Waals surface area contributed by atoms with Gasteiger partial charge in [0, 0.05) is 26.2 Å². The van der Waals surface area contributed by atoms with Crippen molar-refractivity contribution < 1.29 is 28.3 Å². The largest absolute Gasteiger partial charge is 0.467 e. The second kappa shape index (κ2) is 9.96. The lowest BCUT2D eigenvalue weighted by Gasteiger charge is -2.29. The van der Waals surface area contributed by atoms with Gasteiger partial charge in [-0.3, -0.25) is 14.4 Å². The summed E-state index contributed by atoms with van der Waals surface area (Å²) in [5, 5.41) is 5.19. The standard InChI is InChI=1S/C20H25FN2O5/c1-12(24)22-17(10-13-6-8-15(21)9-7-13)19(26)23-18(20(27)28-2)14-4-3-5-16(25)11-14/h6-9,14,17-18H,3-5,10-11H2,1-2H3,(H,22,24)(H,23,26)/t14-,17-,18-/m1/s1. The molecule has 1 aliphatic rings. The summed E-state index contributed by atoms with van der Waals surface area (Å²) in [4.78, 5) is 48.3. The van der Waals surface area contributed by atoms with E-state index in [1.807, 2.05) is 0 Å². The highest BCUT2D eigenvalue weighted by Gasteiger charge is 2.35. The van der Waals surface area contributed by atoms with E-state index in [2.05, 4.69) is 10.6 Å². The van der Waals surface area contributed by atoms with Gasteiger partial charge < -0.3 is 15.4 Å². The number of benzene rings is 1. The number of carbonyl (C=O) groups is 4. The van der Waals surface area contributed by atoms with Crippen molar-refractivity contribution in [2.45, 2.75) is 51.1 Å². The predicted octanol–water partition coefficient (Wildman–Crippen LogP) is 1.29. The molecule has 2 amide bonds. The van der Waals surface area contributed by atoms with Crippen LogP contribution in [0.4, 0.5) is 4.39 Å². The minimum Gasteiger partial charge on any atom is -0.467 e. The van der Waals surface area contributed by atoms with Crippen LogP contribution in [0.25, 0.3) is 0 Å². The highest BCUT2D eigenvalue weighted by atomic mass is 19.1. The molecule has 1 fully saturated rings. The molecule has 0 unspecified atom stereocenters. The van der Waals surface area contributed by atoms with Gasteiger partial charge in [-0.1, -0.05) is 12.1 Å². The minimum absolute atomic E-state index is 0.0455. The van der Waals surface area contributed by atoms with Crippen molar-refractivity contribution in [2.24, 2.45) is 5.92 Å². The molecule has 1 saturated carbocycles. The number of ketones is 1. The summed E-state index contributed by atoms with van der Waals surface area (Å²) in [6.45, 7) is 1.28. The Bertz CT molecular complexity index is 735. The Balaban J connectivity index is 2.15. The average Bonchev–Trinajstić information content (AvgIpc) is 2.66.